The van der Waals surface area contributed by atoms with E-state index in [-0.39, 0.29) is 18.0 Å². The Morgan fingerprint density at radius 3 is 2.82 bits per heavy atom. The van der Waals surface area contributed by atoms with E-state index in [2.05, 4.69) is 10.3 Å². The zero-order chi connectivity index (χ0) is 12.9. The van der Waals surface area contributed by atoms with Crippen molar-refractivity contribution in [2.45, 2.75) is 32.3 Å². The Balaban J connectivity index is 2.53. The number of hydrogen-bond acceptors (Lipinski definition) is 3. The second-order valence-corrected chi connectivity index (χ2v) is 4.30. The molecule has 1 amide bonds. The number of aliphatic hydroxyl groups is 1. The number of carbonyl (C=O) groups excluding carboxylic acids is 1. The summed E-state index contributed by atoms with van der Waals surface area (Å²) in [5, 5.41) is 12.5. The van der Waals surface area contributed by atoms with Crippen molar-refractivity contribution in [3.05, 3.63) is 29.8 Å². The van der Waals surface area contributed by atoms with Gasteiger partial charge in [0.05, 0.1) is 11.2 Å². The van der Waals surface area contributed by atoms with Gasteiger partial charge in [0.1, 0.15) is 0 Å². The highest BCUT2D eigenvalue weighted by molar-refractivity contribution is 5.93. The third-order valence-corrected chi connectivity index (χ3v) is 2.41. The smallest absolute Gasteiger partial charge is 0.252 e. The standard InChI is InChI=1S/C12H17FN2O2/c1-3-6-12(2,17)8-15-11(16)9-4-5-10(13)14-7-9/h4-5,7,17H,3,6,8H2,1-2H3,(H,15,16). The fraction of sp³-hybridized carbons (Fsp3) is 0.500. The van der Waals surface area contributed by atoms with Crippen molar-refractivity contribution in [2.24, 2.45) is 0 Å². The van der Waals surface area contributed by atoms with Gasteiger partial charge >= 0.3 is 0 Å². The normalized spacial score (nSPS) is 14.1. The molecule has 1 atom stereocenters. The average molecular weight is 240 g/mol. The Morgan fingerprint density at radius 1 is 1.59 bits per heavy atom. The Labute approximate surface area is 99.9 Å². The molecule has 0 aliphatic carbocycles. The first-order valence-electron chi connectivity index (χ1n) is 5.57. The third kappa shape index (κ3) is 4.48. The SMILES string of the molecule is CCCC(C)(O)CNC(=O)c1ccc(F)nc1. The number of amides is 1. The minimum Gasteiger partial charge on any atom is -0.388 e. The van der Waals surface area contributed by atoms with Crippen LogP contribution in [0.1, 0.15) is 37.0 Å². The molecule has 0 aliphatic rings. The van der Waals surface area contributed by atoms with Crippen LogP contribution in [0.25, 0.3) is 0 Å². The number of hydrogen-bond donors (Lipinski definition) is 2. The maximum Gasteiger partial charge on any atom is 0.252 e. The van der Waals surface area contributed by atoms with E-state index in [1.165, 1.54) is 12.3 Å². The number of rotatable bonds is 5. The van der Waals surface area contributed by atoms with Gasteiger partial charge in [0.25, 0.3) is 5.91 Å². The van der Waals surface area contributed by atoms with Crippen LogP contribution in [-0.4, -0.2) is 28.1 Å². The lowest BCUT2D eigenvalue weighted by molar-refractivity contribution is 0.0469. The Kier molecular flexibility index (Phi) is 4.57. The summed E-state index contributed by atoms with van der Waals surface area (Å²) in [5.41, 5.74) is -0.642. The zero-order valence-electron chi connectivity index (χ0n) is 10.0. The van der Waals surface area contributed by atoms with Crippen LogP contribution in [-0.2, 0) is 0 Å². The molecule has 0 saturated carbocycles. The van der Waals surface area contributed by atoms with E-state index in [0.717, 1.165) is 12.5 Å². The molecule has 94 valence electrons. The number of carbonyl (C=O) groups is 1. The third-order valence-electron chi connectivity index (χ3n) is 2.41. The van der Waals surface area contributed by atoms with Gasteiger partial charge in [-0.1, -0.05) is 13.3 Å². The van der Waals surface area contributed by atoms with Crippen molar-refractivity contribution in [1.29, 1.82) is 0 Å². The van der Waals surface area contributed by atoms with E-state index < -0.39 is 11.5 Å². The molecular weight excluding hydrogens is 223 g/mol. The van der Waals surface area contributed by atoms with Gasteiger partial charge < -0.3 is 10.4 Å². The van der Waals surface area contributed by atoms with Gasteiger partial charge in [-0.15, -0.1) is 0 Å². The second-order valence-electron chi connectivity index (χ2n) is 4.30. The summed E-state index contributed by atoms with van der Waals surface area (Å²) in [6.45, 7) is 3.79. The monoisotopic (exact) mass is 240 g/mol. The van der Waals surface area contributed by atoms with E-state index >= 15 is 0 Å². The Hall–Kier alpha value is -1.49. The van der Waals surface area contributed by atoms with E-state index in [1.54, 1.807) is 6.92 Å². The molecule has 1 heterocycles. The molecule has 0 saturated heterocycles. The molecule has 5 heteroatoms. The number of aromatic nitrogens is 1. The largest absolute Gasteiger partial charge is 0.388 e. The summed E-state index contributed by atoms with van der Waals surface area (Å²) < 4.78 is 12.5. The van der Waals surface area contributed by atoms with Crippen LogP contribution in [0.2, 0.25) is 0 Å². The molecule has 0 aromatic carbocycles. The molecule has 4 nitrogen and oxygen atoms in total. The lowest BCUT2D eigenvalue weighted by atomic mass is 10.0. The van der Waals surface area contributed by atoms with Crippen LogP contribution in [0.4, 0.5) is 4.39 Å². The van der Waals surface area contributed by atoms with Gasteiger partial charge in [0.2, 0.25) is 5.95 Å². The number of halogens is 1. The van der Waals surface area contributed by atoms with Crippen LogP contribution >= 0.6 is 0 Å². The van der Waals surface area contributed by atoms with Crippen LogP contribution in [0.15, 0.2) is 18.3 Å². The summed E-state index contributed by atoms with van der Waals surface area (Å²) in [5.74, 6) is -0.992. The summed E-state index contributed by atoms with van der Waals surface area (Å²) >= 11 is 0. The van der Waals surface area contributed by atoms with E-state index in [4.69, 9.17) is 0 Å². The Morgan fingerprint density at radius 2 is 2.29 bits per heavy atom. The molecule has 0 spiro atoms. The number of nitrogens with one attached hydrogen (secondary N) is 1. The van der Waals surface area contributed by atoms with Crippen molar-refractivity contribution in [2.75, 3.05) is 6.54 Å². The minimum atomic E-state index is -0.919. The molecule has 2 N–H and O–H groups in total. The molecule has 1 aromatic rings. The fourth-order valence-corrected chi connectivity index (χ4v) is 1.51. The highest BCUT2D eigenvalue weighted by atomic mass is 19.1. The van der Waals surface area contributed by atoms with E-state index in [9.17, 15) is 14.3 Å². The average Bonchev–Trinajstić information content (AvgIpc) is 2.27. The predicted molar refractivity (Wildman–Crippen MR) is 62.1 cm³/mol. The van der Waals surface area contributed by atoms with E-state index in [1.807, 2.05) is 6.92 Å². The molecule has 1 unspecified atom stereocenters. The van der Waals surface area contributed by atoms with Crippen molar-refractivity contribution in [3.8, 4) is 0 Å². The van der Waals surface area contributed by atoms with Gasteiger partial charge in [-0.3, -0.25) is 4.79 Å². The maximum atomic E-state index is 12.5. The summed E-state index contributed by atoms with van der Waals surface area (Å²) in [6.07, 6.45) is 2.61. The number of nitrogens with zero attached hydrogens (tertiary/aromatic N) is 1. The molecule has 0 aliphatic heterocycles. The molecule has 1 aromatic heterocycles. The summed E-state index contributed by atoms with van der Waals surface area (Å²) in [6, 6.07) is 2.48. The lowest BCUT2D eigenvalue weighted by Crippen LogP contribution is -2.40. The predicted octanol–water partition coefficient (Wildman–Crippen LogP) is 1.50. The first kappa shape index (κ1) is 13.6. The van der Waals surface area contributed by atoms with Crippen molar-refractivity contribution < 1.29 is 14.3 Å². The molecule has 17 heavy (non-hydrogen) atoms. The van der Waals surface area contributed by atoms with Crippen molar-refractivity contribution in [3.63, 3.8) is 0 Å². The van der Waals surface area contributed by atoms with Crippen LogP contribution in [0.5, 0.6) is 0 Å². The second kappa shape index (κ2) is 5.72. The summed E-state index contributed by atoms with van der Waals surface area (Å²) in [4.78, 5) is 15.0. The quantitative estimate of drug-likeness (QED) is 0.767. The van der Waals surface area contributed by atoms with Crippen LogP contribution in [0, 0.1) is 5.95 Å². The highest BCUT2D eigenvalue weighted by Gasteiger charge is 2.20. The maximum absolute atomic E-state index is 12.5. The first-order valence-corrected chi connectivity index (χ1v) is 5.57. The zero-order valence-corrected chi connectivity index (χ0v) is 10.0. The topological polar surface area (TPSA) is 62.2 Å². The molecule has 0 bridgehead atoms. The van der Waals surface area contributed by atoms with E-state index in [0.29, 0.717) is 6.42 Å². The highest BCUT2D eigenvalue weighted by Crippen LogP contribution is 2.10. The fourth-order valence-electron chi connectivity index (χ4n) is 1.51. The number of pyridine rings is 1. The van der Waals surface area contributed by atoms with Gasteiger partial charge in [-0.25, -0.2) is 4.98 Å². The molecule has 0 radical (unpaired) electrons. The van der Waals surface area contributed by atoms with Crippen LogP contribution < -0.4 is 5.32 Å². The van der Waals surface area contributed by atoms with Gasteiger partial charge in [0.15, 0.2) is 0 Å². The first-order chi connectivity index (χ1) is 7.94. The summed E-state index contributed by atoms with van der Waals surface area (Å²) in [7, 11) is 0. The molecule has 0 fully saturated rings. The van der Waals surface area contributed by atoms with Gasteiger partial charge in [-0.05, 0) is 25.5 Å². The Bertz CT molecular complexity index is 377. The van der Waals surface area contributed by atoms with Gasteiger partial charge in [0, 0.05) is 12.7 Å². The van der Waals surface area contributed by atoms with Gasteiger partial charge in [-0.2, -0.15) is 4.39 Å². The minimum absolute atomic E-state index is 0.164. The van der Waals surface area contributed by atoms with Crippen molar-refractivity contribution in [1.82, 2.24) is 10.3 Å². The molecular formula is C12H17FN2O2. The van der Waals surface area contributed by atoms with Crippen LogP contribution in [0.3, 0.4) is 0 Å². The lowest BCUT2D eigenvalue weighted by Gasteiger charge is -2.22. The van der Waals surface area contributed by atoms with Crippen molar-refractivity contribution >= 4 is 5.91 Å². The molecule has 1 rings (SSSR count).